The number of aromatic nitrogens is 2. The predicted octanol–water partition coefficient (Wildman–Crippen LogP) is 5.53. The molecule has 0 aliphatic carbocycles. The Hall–Kier alpha value is -2.55. The van der Waals surface area contributed by atoms with Gasteiger partial charge in [-0.05, 0) is 60.9 Å². The van der Waals surface area contributed by atoms with E-state index in [0.29, 0.717) is 17.4 Å². The molecule has 0 aliphatic rings. The maximum Gasteiger partial charge on any atom is 0.177 e. The van der Waals surface area contributed by atoms with E-state index in [0.717, 1.165) is 12.8 Å². The standard InChI is InChI=1S/C22H27N3/c1-6-19(15-25-18(5)22-23-11-8-12-24-22)13-17(4)21-10-9-16(3)20(7-2)14-21/h6,8-12,14-15,17H,5,7,13H2,1-4H3/b19-6-,25-15-. The van der Waals surface area contributed by atoms with Crippen LogP contribution in [0.1, 0.15) is 55.6 Å². The Morgan fingerprint density at radius 3 is 2.64 bits per heavy atom. The highest BCUT2D eigenvalue weighted by molar-refractivity contribution is 5.83. The summed E-state index contributed by atoms with van der Waals surface area (Å²) in [6.45, 7) is 12.6. The Bertz CT molecular complexity index is 773. The van der Waals surface area contributed by atoms with Crippen LogP contribution in [0.4, 0.5) is 0 Å². The van der Waals surface area contributed by atoms with Gasteiger partial charge in [-0.25, -0.2) is 9.97 Å². The number of hydrogen-bond donors (Lipinski definition) is 0. The van der Waals surface area contributed by atoms with E-state index in [1.807, 2.05) is 13.1 Å². The van der Waals surface area contributed by atoms with Gasteiger partial charge in [0.25, 0.3) is 0 Å². The molecule has 0 saturated heterocycles. The second-order valence-electron chi connectivity index (χ2n) is 6.29. The lowest BCUT2D eigenvalue weighted by atomic mass is 9.91. The number of benzene rings is 1. The molecule has 3 nitrogen and oxygen atoms in total. The number of hydrogen-bond acceptors (Lipinski definition) is 3. The van der Waals surface area contributed by atoms with Crippen molar-refractivity contribution in [1.29, 1.82) is 0 Å². The molecule has 2 rings (SSSR count). The molecule has 0 bridgehead atoms. The Balaban J connectivity index is 2.06. The maximum absolute atomic E-state index is 4.45. The highest BCUT2D eigenvalue weighted by atomic mass is 14.9. The second kappa shape index (κ2) is 9.07. The lowest BCUT2D eigenvalue weighted by Gasteiger charge is -2.15. The summed E-state index contributed by atoms with van der Waals surface area (Å²) in [5.41, 5.74) is 5.93. The minimum Gasteiger partial charge on any atom is -0.253 e. The van der Waals surface area contributed by atoms with Crippen molar-refractivity contribution in [2.45, 2.75) is 46.5 Å². The van der Waals surface area contributed by atoms with E-state index in [1.54, 1.807) is 18.5 Å². The minimum atomic E-state index is 0.435. The molecule has 3 heteroatoms. The summed E-state index contributed by atoms with van der Waals surface area (Å²) < 4.78 is 0. The van der Waals surface area contributed by atoms with E-state index in [1.165, 1.54) is 22.3 Å². The molecule has 1 atom stereocenters. The van der Waals surface area contributed by atoms with Gasteiger partial charge in [0, 0.05) is 18.6 Å². The lowest BCUT2D eigenvalue weighted by Crippen LogP contribution is -2.00. The van der Waals surface area contributed by atoms with Gasteiger partial charge in [0.2, 0.25) is 0 Å². The Morgan fingerprint density at radius 2 is 2.00 bits per heavy atom. The third kappa shape index (κ3) is 5.21. The zero-order chi connectivity index (χ0) is 18.2. The van der Waals surface area contributed by atoms with E-state index < -0.39 is 0 Å². The SMILES string of the molecule is C=C(/N=C\C(=C/C)CC(C)c1ccc(C)c(CC)c1)c1ncccn1. The van der Waals surface area contributed by atoms with Gasteiger partial charge in [0.15, 0.2) is 5.82 Å². The van der Waals surface area contributed by atoms with Crippen molar-refractivity contribution >= 4 is 11.9 Å². The zero-order valence-electron chi connectivity index (χ0n) is 15.7. The largest absolute Gasteiger partial charge is 0.253 e. The molecule has 0 spiro atoms. The van der Waals surface area contributed by atoms with Crippen LogP contribution in [0.3, 0.4) is 0 Å². The number of allylic oxidation sites excluding steroid dienone is 2. The Labute approximate surface area is 151 Å². The fraction of sp³-hybridized carbons (Fsp3) is 0.318. The Kier molecular flexibility index (Phi) is 6.81. The van der Waals surface area contributed by atoms with Gasteiger partial charge >= 0.3 is 0 Å². The number of nitrogens with zero attached hydrogens (tertiary/aromatic N) is 3. The van der Waals surface area contributed by atoms with Crippen LogP contribution < -0.4 is 0 Å². The smallest absolute Gasteiger partial charge is 0.177 e. The number of aliphatic imine (C=N–C) groups is 1. The van der Waals surface area contributed by atoms with Crippen LogP contribution in [-0.2, 0) is 6.42 Å². The molecule has 0 radical (unpaired) electrons. The summed E-state index contributed by atoms with van der Waals surface area (Å²) in [6, 6.07) is 8.58. The number of rotatable bonds is 7. The van der Waals surface area contributed by atoms with Gasteiger partial charge < -0.3 is 0 Å². The molecule has 0 amide bonds. The second-order valence-corrected chi connectivity index (χ2v) is 6.29. The first-order valence-electron chi connectivity index (χ1n) is 8.80. The molecule has 2 aromatic rings. The van der Waals surface area contributed by atoms with Gasteiger partial charge in [-0.2, -0.15) is 0 Å². The molecule has 1 heterocycles. The molecule has 1 unspecified atom stereocenters. The van der Waals surface area contributed by atoms with Gasteiger partial charge in [-0.15, -0.1) is 0 Å². The zero-order valence-corrected chi connectivity index (χ0v) is 15.7. The quantitative estimate of drug-likeness (QED) is 0.625. The van der Waals surface area contributed by atoms with Gasteiger partial charge in [-0.1, -0.05) is 44.7 Å². The molecule has 25 heavy (non-hydrogen) atoms. The van der Waals surface area contributed by atoms with E-state index in [9.17, 15) is 0 Å². The molecule has 0 fully saturated rings. The minimum absolute atomic E-state index is 0.435. The fourth-order valence-corrected chi connectivity index (χ4v) is 2.76. The van der Waals surface area contributed by atoms with Crippen LogP contribution in [0, 0.1) is 6.92 Å². The molecule has 0 aliphatic heterocycles. The average Bonchev–Trinajstić information content (AvgIpc) is 2.65. The van der Waals surface area contributed by atoms with Gasteiger partial charge in [0.05, 0.1) is 0 Å². The molecule has 0 N–H and O–H groups in total. The van der Waals surface area contributed by atoms with Gasteiger partial charge in [0.1, 0.15) is 5.70 Å². The fourth-order valence-electron chi connectivity index (χ4n) is 2.76. The predicted molar refractivity (Wildman–Crippen MR) is 107 cm³/mol. The molecule has 1 aromatic carbocycles. The monoisotopic (exact) mass is 333 g/mol. The lowest BCUT2D eigenvalue weighted by molar-refractivity contribution is 0.766. The van der Waals surface area contributed by atoms with E-state index >= 15 is 0 Å². The van der Waals surface area contributed by atoms with Crippen LogP contribution in [0.5, 0.6) is 0 Å². The highest BCUT2D eigenvalue weighted by Crippen LogP contribution is 2.25. The van der Waals surface area contributed by atoms with Crippen LogP contribution >= 0.6 is 0 Å². The van der Waals surface area contributed by atoms with Gasteiger partial charge in [-0.3, -0.25) is 4.99 Å². The molecular formula is C22H27N3. The first kappa shape index (κ1) is 18.8. The summed E-state index contributed by atoms with van der Waals surface area (Å²) >= 11 is 0. The van der Waals surface area contributed by atoms with Crippen LogP contribution in [0.25, 0.3) is 5.70 Å². The van der Waals surface area contributed by atoms with Crippen molar-refractivity contribution in [1.82, 2.24) is 9.97 Å². The van der Waals surface area contributed by atoms with Crippen molar-refractivity contribution < 1.29 is 0 Å². The van der Waals surface area contributed by atoms with Crippen molar-refractivity contribution in [2.24, 2.45) is 4.99 Å². The summed E-state index contributed by atoms with van der Waals surface area (Å²) in [5, 5.41) is 0. The first-order valence-corrected chi connectivity index (χ1v) is 8.80. The third-order valence-corrected chi connectivity index (χ3v) is 4.45. The summed E-state index contributed by atoms with van der Waals surface area (Å²) in [5.74, 6) is 0.998. The van der Waals surface area contributed by atoms with Crippen molar-refractivity contribution in [3.63, 3.8) is 0 Å². The number of aryl methyl sites for hydroxylation is 2. The van der Waals surface area contributed by atoms with Crippen LogP contribution in [-0.4, -0.2) is 16.2 Å². The molecule has 0 saturated carbocycles. The van der Waals surface area contributed by atoms with Crippen LogP contribution in [0.2, 0.25) is 0 Å². The van der Waals surface area contributed by atoms with E-state index in [2.05, 4.69) is 66.6 Å². The molecular weight excluding hydrogens is 306 g/mol. The summed E-state index contributed by atoms with van der Waals surface area (Å²) in [4.78, 5) is 12.8. The first-order chi connectivity index (χ1) is 12.0. The topological polar surface area (TPSA) is 38.1 Å². The molecule has 130 valence electrons. The molecule has 1 aromatic heterocycles. The van der Waals surface area contributed by atoms with Crippen LogP contribution in [0.15, 0.2) is 59.9 Å². The normalized spacial score (nSPS) is 13.2. The third-order valence-electron chi connectivity index (χ3n) is 4.45. The summed E-state index contributed by atoms with van der Waals surface area (Å²) in [6.07, 6.45) is 9.39. The Morgan fingerprint density at radius 1 is 1.28 bits per heavy atom. The van der Waals surface area contributed by atoms with Crippen molar-refractivity contribution in [3.05, 3.63) is 77.4 Å². The van der Waals surface area contributed by atoms with Crippen molar-refractivity contribution in [2.75, 3.05) is 0 Å². The average molecular weight is 333 g/mol. The van der Waals surface area contributed by atoms with E-state index in [4.69, 9.17) is 0 Å². The van der Waals surface area contributed by atoms with E-state index in [-0.39, 0.29) is 0 Å². The highest BCUT2D eigenvalue weighted by Gasteiger charge is 2.09. The maximum atomic E-state index is 4.45. The van der Waals surface area contributed by atoms with Crippen molar-refractivity contribution in [3.8, 4) is 0 Å². The summed E-state index contributed by atoms with van der Waals surface area (Å²) in [7, 11) is 0.